The summed E-state index contributed by atoms with van der Waals surface area (Å²) >= 11 is 0. The van der Waals surface area contributed by atoms with E-state index in [1.807, 2.05) is 13.8 Å². The summed E-state index contributed by atoms with van der Waals surface area (Å²) in [4.78, 5) is 30.0. The Kier molecular flexibility index (Phi) is 6.58. The minimum absolute atomic E-state index is 0.113. The van der Waals surface area contributed by atoms with Gasteiger partial charge in [-0.25, -0.2) is 14.8 Å². The topological polar surface area (TPSA) is 104 Å². The monoisotopic (exact) mass is 294 g/mol. The molecule has 0 atom stereocenters. The molecule has 0 saturated heterocycles. The van der Waals surface area contributed by atoms with Crippen LogP contribution >= 0.6 is 0 Å². The fraction of sp³-hybridized carbons (Fsp3) is 0.571. The normalized spacial score (nSPS) is 11.0. The van der Waals surface area contributed by atoms with Crippen LogP contribution in [0.15, 0.2) is 18.6 Å². The van der Waals surface area contributed by atoms with E-state index < -0.39 is 5.97 Å². The Labute approximate surface area is 124 Å². The van der Waals surface area contributed by atoms with Gasteiger partial charge < -0.3 is 15.7 Å². The van der Waals surface area contributed by atoms with Gasteiger partial charge in [-0.3, -0.25) is 4.79 Å². The zero-order valence-electron chi connectivity index (χ0n) is 12.4. The number of carbonyl (C=O) groups is 2. The molecule has 21 heavy (non-hydrogen) atoms. The molecule has 0 aliphatic rings. The molecule has 3 N–H and O–H groups in total. The lowest BCUT2D eigenvalue weighted by Gasteiger charge is -2.23. The van der Waals surface area contributed by atoms with Crippen molar-refractivity contribution in [3.8, 4) is 0 Å². The number of rotatable bonds is 8. The van der Waals surface area contributed by atoms with Crippen LogP contribution in [0.2, 0.25) is 0 Å². The van der Waals surface area contributed by atoms with Gasteiger partial charge >= 0.3 is 12.0 Å². The number of aliphatic carboxylic acids is 1. The summed E-state index contributed by atoms with van der Waals surface area (Å²) in [5.41, 5.74) is 0.625. The number of amides is 2. The third kappa shape index (κ3) is 7.86. The van der Waals surface area contributed by atoms with Crippen LogP contribution in [0.5, 0.6) is 0 Å². The van der Waals surface area contributed by atoms with Crippen molar-refractivity contribution in [2.45, 2.75) is 39.7 Å². The van der Waals surface area contributed by atoms with Crippen molar-refractivity contribution < 1.29 is 14.7 Å². The summed E-state index contributed by atoms with van der Waals surface area (Å²) in [5, 5.41) is 14.1. The average Bonchev–Trinajstić information content (AvgIpc) is 2.44. The van der Waals surface area contributed by atoms with E-state index >= 15 is 0 Å². The third-order valence-corrected chi connectivity index (χ3v) is 3.18. The van der Waals surface area contributed by atoms with Gasteiger partial charge in [0.2, 0.25) is 0 Å². The Hall–Kier alpha value is -2.18. The van der Waals surface area contributed by atoms with Gasteiger partial charge in [-0.2, -0.15) is 0 Å². The molecule has 0 unspecified atom stereocenters. The first-order valence-electron chi connectivity index (χ1n) is 6.87. The number of nitrogens with zero attached hydrogens (tertiary/aromatic N) is 2. The highest BCUT2D eigenvalue weighted by Gasteiger charge is 2.19. The lowest BCUT2D eigenvalue weighted by Crippen LogP contribution is -2.37. The second-order valence-electron chi connectivity index (χ2n) is 5.62. The lowest BCUT2D eigenvalue weighted by atomic mass is 9.84. The highest BCUT2D eigenvalue weighted by atomic mass is 16.4. The van der Waals surface area contributed by atoms with E-state index in [0.717, 1.165) is 12.1 Å². The van der Waals surface area contributed by atoms with Crippen LogP contribution in [-0.2, 0) is 11.3 Å². The summed E-state index contributed by atoms with van der Waals surface area (Å²) in [7, 11) is 0. The fourth-order valence-corrected chi connectivity index (χ4v) is 1.74. The molecule has 0 saturated carbocycles. The average molecular weight is 294 g/mol. The van der Waals surface area contributed by atoms with Gasteiger partial charge in [0.15, 0.2) is 0 Å². The summed E-state index contributed by atoms with van der Waals surface area (Å²) in [6, 6.07) is 1.47. The standard InChI is InChI=1S/C14H22N4O3/c1-14(2,5-3-12(19)20)6-8-16-13(21)17-9-11-4-7-15-10-18-11/h4,7,10H,3,5-6,8-9H2,1-2H3,(H,19,20)(H2,16,17,21). The first-order chi connectivity index (χ1) is 9.89. The molecule has 7 heteroatoms. The number of hydrogen-bond donors (Lipinski definition) is 3. The third-order valence-electron chi connectivity index (χ3n) is 3.18. The summed E-state index contributed by atoms with van der Waals surface area (Å²) in [6.07, 6.45) is 4.51. The van der Waals surface area contributed by atoms with Crippen LogP contribution in [0.3, 0.4) is 0 Å². The van der Waals surface area contributed by atoms with Crippen molar-refractivity contribution in [2.75, 3.05) is 6.54 Å². The van der Waals surface area contributed by atoms with Crippen LogP contribution in [0, 0.1) is 5.41 Å². The van der Waals surface area contributed by atoms with Crippen LogP contribution < -0.4 is 10.6 Å². The quantitative estimate of drug-likeness (QED) is 0.675. The SMILES string of the molecule is CC(C)(CCNC(=O)NCc1ccncn1)CCC(=O)O. The first-order valence-corrected chi connectivity index (χ1v) is 6.87. The van der Waals surface area contributed by atoms with E-state index in [0.29, 0.717) is 19.5 Å². The number of urea groups is 1. The van der Waals surface area contributed by atoms with Crippen molar-refractivity contribution in [3.05, 3.63) is 24.3 Å². The number of carbonyl (C=O) groups excluding carboxylic acids is 1. The Morgan fingerprint density at radius 3 is 2.67 bits per heavy atom. The van der Waals surface area contributed by atoms with E-state index in [9.17, 15) is 9.59 Å². The maximum absolute atomic E-state index is 11.6. The Bertz CT molecular complexity index is 463. The van der Waals surface area contributed by atoms with Gasteiger partial charge in [0.1, 0.15) is 6.33 Å². The van der Waals surface area contributed by atoms with Crippen molar-refractivity contribution in [1.82, 2.24) is 20.6 Å². The van der Waals surface area contributed by atoms with Gasteiger partial charge in [-0.05, 0) is 24.3 Å². The molecular weight excluding hydrogens is 272 g/mol. The number of nitrogens with one attached hydrogen (secondary N) is 2. The first kappa shape index (κ1) is 16.9. The van der Waals surface area contributed by atoms with E-state index in [1.165, 1.54) is 6.33 Å². The van der Waals surface area contributed by atoms with Crippen molar-refractivity contribution >= 4 is 12.0 Å². The van der Waals surface area contributed by atoms with E-state index in [-0.39, 0.29) is 17.9 Å². The molecule has 0 radical (unpaired) electrons. The number of carboxylic acid groups (broad SMARTS) is 1. The lowest BCUT2D eigenvalue weighted by molar-refractivity contribution is -0.137. The second kappa shape index (κ2) is 8.18. The summed E-state index contributed by atoms with van der Waals surface area (Å²) < 4.78 is 0. The summed E-state index contributed by atoms with van der Waals surface area (Å²) in [6.45, 7) is 4.84. The maximum atomic E-state index is 11.6. The molecule has 0 aliphatic carbocycles. The smallest absolute Gasteiger partial charge is 0.315 e. The molecule has 116 valence electrons. The van der Waals surface area contributed by atoms with E-state index in [1.54, 1.807) is 12.3 Å². The Balaban J connectivity index is 2.19. The molecule has 0 bridgehead atoms. The van der Waals surface area contributed by atoms with Crippen LogP contribution in [-0.4, -0.2) is 33.6 Å². The number of carboxylic acids is 1. The Morgan fingerprint density at radius 2 is 2.05 bits per heavy atom. The number of hydrogen-bond acceptors (Lipinski definition) is 4. The van der Waals surface area contributed by atoms with Gasteiger partial charge in [-0.1, -0.05) is 13.8 Å². The van der Waals surface area contributed by atoms with Crippen molar-refractivity contribution in [1.29, 1.82) is 0 Å². The van der Waals surface area contributed by atoms with Crippen LogP contribution in [0.1, 0.15) is 38.8 Å². The molecule has 0 fully saturated rings. The number of aromatic nitrogens is 2. The molecule has 0 aromatic carbocycles. The molecule has 1 aromatic heterocycles. The molecule has 0 spiro atoms. The van der Waals surface area contributed by atoms with Crippen molar-refractivity contribution in [2.24, 2.45) is 5.41 Å². The van der Waals surface area contributed by atoms with Gasteiger partial charge in [0.05, 0.1) is 12.2 Å². The molecule has 1 heterocycles. The van der Waals surface area contributed by atoms with Gasteiger partial charge in [0, 0.05) is 19.2 Å². The predicted octanol–water partition coefficient (Wildman–Crippen LogP) is 1.56. The Morgan fingerprint density at radius 1 is 1.29 bits per heavy atom. The van der Waals surface area contributed by atoms with Crippen LogP contribution in [0.4, 0.5) is 4.79 Å². The zero-order chi connectivity index (χ0) is 15.7. The maximum Gasteiger partial charge on any atom is 0.315 e. The van der Waals surface area contributed by atoms with Gasteiger partial charge in [-0.15, -0.1) is 0 Å². The molecule has 2 amide bonds. The van der Waals surface area contributed by atoms with Crippen molar-refractivity contribution in [3.63, 3.8) is 0 Å². The second-order valence-corrected chi connectivity index (χ2v) is 5.62. The zero-order valence-corrected chi connectivity index (χ0v) is 12.4. The predicted molar refractivity (Wildman–Crippen MR) is 77.5 cm³/mol. The highest BCUT2D eigenvalue weighted by Crippen LogP contribution is 2.25. The largest absolute Gasteiger partial charge is 0.481 e. The summed E-state index contributed by atoms with van der Waals surface area (Å²) in [5.74, 6) is -0.793. The molecular formula is C14H22N4O3. The molecule has 0 aliphatic heterocycles. The fourth-order valence-electron chi connectivity index (χ4n) is 1.74. The molecule has 1 aromatic rings. The van der Waals surface area contributed by atoms with E-state index in [4.69, 9.17) is 5.11 Å². The molecule has 7 nitrogen and oxygen atoms in total. The minimum Gasteiger partial charge on any atom is -0.481 e. The van der Waals surface area contributed by atoms with E-state index in [2.05, 4.69) is 20.6 Å². The van der Waals surface area contributed by atoms with Crippen LogP contribution in [0.25, 0.3) is 0 Å². The molecule has 1 rings (SSSR count). The minimum atomic E-state index is -0.793. The van der Waals surface area contributed by atoms with Gasteiger partial charge in [0.25, 0.3) is 0 Å². The highest BCUT2D eigenvalue weighted by molar-refractivity contribution is 5.73.